The van der Waals surface area contributed by atoms with Gasteiger partial charge < -0.3 is 9.09 Å². The summed E-state index contributed by atoms with van der Waals surface area (Å²) in [6.45, 7) is 2.82. The van der Waals surface area contributed by atoms with Crippen LogP contribution in [-0.4, -0.2) is 19.7 Å². The lowest BCUT2D eigenvalue weighted by Gasteiger charge is -2.05. The van der Waals surface area contributed by atoms with Crippen molar-refractivity contribution in [3.8, 4) is 11.4 Å². The van der Waals surface area contributed by atoms with E-state index in [1.165, 1.54) is 23.9 Å². The van der Waals surface area contributed by atoms with Crippen LogP contribution < -0.4 is 0 Å². The van der Waals surface area contributed by atoms with E-state index in [2.05, 4.69) is 15.1 Å². The minimum Gasteiger partial charge on any atom is -0.338 e. The lowest BCUT2D eigenvalue weighted by Crippen LogP contribution is -2.04. The van der Waals surface area contributed by atoms with Gasteiger partial charge in [-0.05, 0) is 19.1 Å². The monoisotopic (exact) mass is 354 g/mol. The maximum absolute atomic E-state index is 12.6. The molecule has 0 aliphatic rings. The van der Waals surface area contributed by atoms with Crippen LogP contribution in [0.15, 0.2) is 46.3 Å². The van der Waals surface area contributed by atoms with Gasteiger partial charge in [-0.3, -0.25) is 0 Å². The van der Waals surface area contributed by atoms with Crippen LogP contribution in [0.25, 0.3) is 11.4 Å². The van der Waals surface area contributed by atoms with Gasteiger partial charge in [0.15, 0.2) is 5.16 Å². The SMILES string of the molecule is CCn1ccnc1SCc1nc(-c2ccc(C(F)(F)F)cc2)no1. The highest BCUT2D eigenvalue weighted by Crippen LogP contribution is 2.30. The summed E-state index contributed by atoms with van der Waals surface area (Å²) in [5.41, 5.74) is -0.241. The fraction of sp³-hybridized carbons (Fsp3) is 0.267. The molecule has 0 amide bonds. The van der Waals surface area contributed by atoms with Crippen LogP contribution in [0.2, 0.25) is 0 Å². The molecule has 2 aromatic heterocycles. The van der Waals surface area contributed by atoms with Crippen molar-refractivity contribution in [1.82, 2.24) is 19.7 Å². The zero-order valence-corrected chi connectivity index (χ0v) is 13.4. The summed E-state index contributed by atoms with van der Waals surface area (Å²) in [6, 6.07) is 4.65. The molecule has 0 saturated carbocycles. The second-order valence-electron chi connectivity index (χ2n) is 4.87. The molecular formula is C15H13F3N4OS. The number of nitrogens with zero attached hydrogens (tertiary/aromatic N) is 4. The van der Waals surface area contributed by atoms with Gasteiger partial charge in [0, 0.05) is 24.5 Å². The van der Waals surface area contributed by atoms with Crippen molar-refractivity contribution in [1.29, 1.82) is 0 Å². The molecule has 0 spiro atoms. The molecule has 9 heteroatoms. The Morgan fingerprint density at radius 2 is 1.96 bits per heavy atom. The third-order valence-electron chi connectivity index (χ3n) is 3.28. The predicted octanol–water partition coefficient (Wildman–Crippen LogP) is 4.26. The summed E-state index contributed by atoms with van der Waals surface area (Å²) in [5, 5.41) is 4.65. The number of aromatic nitrogens is 4. The number of hydrogen-bond donors (Lipinski definition) is 0. The second-order valence-corrected chi connectivity index (χ2v) is 5.81. The Kier molecular flexibility index (Phi) is 4.61. The highest BCUT2D eigenvalue weighted by Gasteiger charge is 2.30. The highest BCUT2D eigenvalue weighted by atomic mass is 32.2. The van der Waals surface area contributed by atoms with Gasteiger partial charge in [0.05, 0.1) is 11.3 Å². The van der Waals surface area contributed by atoms with Crippen LogP contribution >= 0.6 is 11.8 Å². The number of rotatable bonds is 5. The van der Waals surface area contributed by atoms with E-state index in [0.29, 0.717) is 17.2 Å². The number of alkyl halides is 3. The molecule has 24 heavy (non-hydrogen) atoms. The number of benzene rings is 1. The normalized spacial score (nSPS) is 11.8. The molecule has 126 valence electrons. The maximum atomic E-state index is 12.6. The van der Waals surface area contributed by atoms with Gasteiger partial charge in [0.1, 0.15) is 0 Å². The van der Waals surface area contributed by atoms with Gasteiger partial charge in [0.2, 0.25) is 11.7 Å². The summed E-state index contributed by atoms with van der Waals surface area (Å²) in [6.07, 6.45) is -0.768. The van der Waals surface area contributed by atoms with Crippen molar-refractivity contribution in [2.24, 2.45) is 0 Å². The van der Waals surface area contributed by atoms with E-state index in [0.717, 1.165) is 23.8 Å². The molecule has 0 unspecified atom stereocenters. The fourth-order valence-corrected chi connectivity index (χ4v) is 2.90. The van der Waals surface area contributed by atoms with Gasteiger partial charge >= 0.3 is 6.18 Å². The third kappa shape index (κ3) is 3.61. The molecule has 0 aliphatic heterocycles. The molecule has 0 radical (unpaired) electrons. The Morgan fingerprint density at radius 3 is 2.62 bits per heavy atom. The quantitative estimate of drug-likeness (QED) is 0.641. The van der Waals surface area contributed by atoms with Gasteiger partial charge in [-0.1, -0.05) is 29.1 Å². The van der Waals surface area contributed by atoms with E-state index < -0.39 is 11.7 Å². The Bertz CT molecular complexity index is 811. The van der Waals surface area contributed by atoms with Crippen LogP contribution in [0.3, 0.4) is 0 Å². The number of imidazole rings is 1. The maximum Gasteiger partial charge on any atom is 0.416 e. The summed E-state index contributed by atoms with van der Waals surface area (Å²) in [7, 11) is 0. The van der Waals surface area contributed by atoms with E-state index in [1.807, 2.05) is 17.7 Å². The van der Waals surface area contributed by atoms with Crippen molar-refractivity contribution >= 4 is 11.8 Å². The molecule has 5 nitrogen and oxygen atoms in total. The highest BCUT2D eigenvalue weighted by molar-refractivity contribution is 7.98. The molecule has 1 aromatic carbocycles. The number of halogens is 3. The first-order valence-corrected chi connectivity index (χ1v) is 8.10. The van der Waals surface area contributed by atoms with Crippen molar-refractivity contribution in [2.75, 3.05) is 0 Å². The first-order chi connectivity index (χ1) is 11.5. The first kappa shape index (κ1) is 16.6. The van der Waals surface area contributed by atoms with Gasteiger partial charge in [-0.2, -0.15) is 18.2 Å². The molecule has 2 heterocycles. The van der Waals surface area contributed by atoms with Crippen LogP contribution in [0, 0.1) is 0 Å². The zero-order valence-electron chi connectivity index (χ0n) is 12.6. The number of hydrogen-bond acceptors (Lipinski definition) is 5. The largest absolute Gasteiger partial charge is 0.416 e. The van der Waals surface area contributed by atoms with E-state index in [9.17, 15) is 13.2 Å². The lowest BCUT2D eigenvalue weighted by atomic mass is 10.1. The van der Waals surface area contributed by atoms with E-state index >= 15 is 0 Å². The summed E-state index contributed by atoms with van der Waals surface area (Å²) in [4.78, 5) is 8.44. The molecule has 0 fully saturated rings. The Labute approximate surface area is 139 Å². The first-order valence-electron chi connectivity index (χ1n) is 7.11. The number of aryl methyl sites for hydroxylation is 1. The topological polar surface area (TPSA) is 56.7 Å². The average Bonchev–Trinajstić information content (AvgIpc) is 3.21. The van der Waals surface area contributed by atoms with Gasteiger partial charge in [-0.25, -0.2) is 4.98 Å². The minimum atomic E-state index is -4.36. The lowest BCUT2D eigenvalue weighted by molar-refractivity contribution is -0.137. The molecule has 0 bridgehead atoms. The third-order valence-corrected chi connectivity index (χ3v) is 4.27. The summed E-state index contributed by atoms with van der Waals surface area (Å²) < 4.78 is 44.8. The molecule has 0 saturated heterocycles. The van der Waals surface area contributed by atoms with Crippen LogP contribution in [-0.2, 0) is 18.5 Å². The summed E-state index contributed by atoms with van der Waals surface area (Å²) >= 11 is 1.45. The number of thioether (sulfide) groups is 1. The predicted molar refractivity (Wildman–Crippen MR) is 82.2 cm³/mol. The van der Waals surface area contributed by atoms with Crippen LogP contribution in [0.5, 0.6) is 0 Å². The van der Waals surface area contributed by atoms with Crippen molar-refractivity contribution in [2.45, 2.75) is 30.6 Å². The molecule has 0 N–H and O–H groups in total. The van der Waals surface area contributed by atoms with Gasteiger partial charge in [-0.15, -0.1) is 0 Å². The molecule has 0 atom stereocenters. The second kappa shape index (κ2) is 6.68. The summed E-state index contributed by atoms with van der Waals surface area (Å²) in [5.74, 6) is 1.09. The molecule has 0 aliphatic carbocycles. The molecule has 3 aromatic rings. The van der Waals surface area contributed by atoms with Crippen molar-refractivity contribution in [3.05, 3.63) is 48.1 Å². The van der Waals surface area contributed by atoms with E-state index in [-0.39, 0.29) is 5.82 Å². The van der Waals surface area contributed by atoms with E-state index in [4.69, 9.17) is 4.52 Å². The molecule has 3 rings (SSSR count). The van der Waals surface area contributed by atoms with Crippen molar-refractivity contribution < 1.29 is 17.7 Å². The Morgan fingerprint density at radius 1 is 1.21 bits per heavy atom. The molecular weight excluding hydrogens is 341 g/mol. The standard InChI is InChI=1S/C15H13F3N4OS/c1-2-22-8-7-19-14(22)24-9-12-20-13(21-23-12)10-3-5-11(6-4-10)15(16,17)18/h3-8H,2,9H2,1H3. The Hall–Kier alpha value is -2.29. The zero-order chi connectivity index (χ0) is 17.2. The fourth-order valence-electron chi connectivity index (χ4n) is 2.04. The smallest absolute Gasteiger partial charge is 0.338 e. The van der Waals surface area contributed by atoms with Crippen LogP contribution in [0.1, 0.15) is 18.4 Å². The van der Waals surface area contributed by atoms with Crippen LogP contribution in [0.4, 0.5) is 13.2 Å². The Balaban J connectivity index is 1.69. The van der Waals surface area contributed by atoms with Crippen molar-refractivity contribution in [3.63, 3.8) is 0 Å². The van der Waals surface area contributed by atoms with E-state index in [1.54, 1.807) is 6.20 Å². The van der Waals surface area contributed by atoms with Gasteiger partial charge in [0.25, 0.3) is 0 Å². The average molecular weight is 354 g/mol. The minimum absolute atomic E-state index is 0.262.